The van der Waals surface area contributed by atoms with Crippen molar-refractivity contribution in [1.82, 2.24) is 8.87 Å². The van der Waals surface area contributed by atoms with Gasteiger partial charge in [-0.15, -0.1) is 6.42 Å². The SMILES string of the molecule is C#CCn1c(=NC(=O)c2ccc(S(=O)(=O)N(CC(C)C)CC(C)C)cc2)sc2cc(Br)ccc21. The van der Waals surface area contributed by atoms with E-state index in [-0.39, 0.29) is 23.3 Å². The zero-order valence-corrected chi connectivity index (χ0v) is 22.9. The molecule has 34 heavy (non-hydrogen) atoms. The first-order valence-corrected chi connectivity index (χ1v) is 14.0. The summed E-state index contributed by atoms with van der Waals surface area (Å²) in [5.74, 6) is 2.55. The fourth-order valence-corrected chi connectivity index (χ4v) is 6.88. The van der Waals surface area contributed by atoms with E-state index >= 15 is 0 Å². The highest BCUT2D eigenvalue weighted by atomic mass is 79.9. The van der Waals surface area contributed by atoms with Gasteiger partial charge in [0, 0.05) is 23.1 Å². The van der Waals surface area contributed by atoms with Gasteiger partial charge in [-0.05, 0) is 54.3 Å². The van der Waals surface area contributed by atoms with E-state index in [1.165, 1.54) is 39.9 Å². The number of benzene rings is 2. The van der Waals surface area contributed by atoms with Crippen molar-refractivity contribution in [3.8, 4) is 12.3 Å². The van der Waals surface area contributed by atoms with E-state index in [4.69, 9.17) is 6.42 Å². The monoisotopic (exact) mass is 561 g/mol. The number of rotatable bonds is 8. The molecule has 3 aromatic rings. The van der Waals surface area contributed by atoms with Crippen molar-refractivity contribution < 1.29 is 13.2 Å². The molecule has 0 aliphatic rings. The summed E-state index contributed by atoms with van der Waals surface area (Å²) < 4.78 is 31.6. The normalized spacial score (nSPS) is 12.7. The molecule has 0 radical (unpaired) electrons. The lowest BCUT2D eigenvalue weighted by Gasteiger charge is -2.25. The van der Waals surface area contributed by atoms with Gasteiger partial charge in [-0.1, -0.05) is 60.9 Å². The number of thiazole rings is 1. The number of carbonyl (C=O) groups is 1. The van der Waals surface area contributed by atoms with Crippen LogP contribution in [0.15, 0.2) is 56.8 Å². The van der Waals surface area contributed by atoms with Crippen LogP contribution in [0, 0.1) is 24.2 Å². The molecule has 0 unspecified atom stereocenters. The largest absolute Gasteiger partial charge is 0.305 e. The number of carbonyl (C=O) groups excluding carboxylic acids is 1. The van der Waals surface area contributed by atoms with Crippen LogP contribution in [0.3, 0.4) is 0 Å². The second-order valence-electron chi connectivity index (χ2n) is 8.84. The van der Waals surface area contributed by atoms with Crippen LogP contribution >= 0.6 is 27.3 Å². The highest BCUT2D eigenvalue weighted by molar-refractivity contribution is 9.10. The zero-order chi connectivity index (χ0) is 25.0. The van der Waals surface area contributed by atoms with E-state index < -0.39 is 15.9 Å². The molecule has 0 saturated carbocycles. The maximum Gasteiger partial charge on any atom is 0.279 e. The van der Waals surface area contributed by atoms with Crippen LogP contribution < -0.4 is 4.80 Å². The molecular weight excluding hydrogens is 534 g/mol. The van der Waals surface area contributed by atoms with Gasteiger partial charge in [-0.25, -0.2) is 8.42 Å². The van der Waals surface area contributed by atoms with E-state index in [2.05, 4.69) is 26.8 Å². The maximum absolute atomic E-state index is 13.2. The number of sulfonamides is 1. The second kappa shape index (κ2) is 11.0. The van der Waals surface area contributed by atoms with E-state index in [0.717, 1.165) is 14.7 Å². The molecule has 1 aromatic heterocycles. The number of fused-ring (bicyclic) bond motifs is 1. The minimum Gasteiger partial charge on any atom is -0.305 e. The topological polar surface area (TPSA) is 71.7 Å². The molecule has 0 saturated heterocycles. The van der Waals surface area contributed by atoms with E-state index in [9.17, 15) is 13.2 Å². The highest BCUT2D eigenvalue weighted by Gasteiger charge is 2.26. The summed E-state index contributed by atoms with van der Waals surface area (Å²) in [6.07, 6.45) is 5.53. The predicted molar refractivity (Wildman–Crippen MR) is 141 cm³/mol. The third-order valence-corrected chi connectivity index (χ3v) is 8.35. The van der Waals surface area contributed by atoms with Gasteiger partial charge in [0.1, 0.15) is 0 Å². The average molecular weight is 563 g/mol. The van der Waals surface area contributed by atoms with Crippen LogP contribution in [-0.4, -0.2) is 36.3 Å². The van der Waals surface area contributed by atoms with Gasteiger partial charge in [-0.3, -0.25) is 4.79 Å². The van der Waals surface area contributed by atoms with E-state index in [1.807, 2.05) is 50.5 Å². The summed E-state index contributed by atoms with van der Waals surface area (Å²) in [5, 5.41) is 0. The van der Waals surface area contributed by atoms with Crippen LogP contribution in [0.1, 0.15) is 38.1 Å². The summed E-state index contributed by atoms with van der Waals surface area (Å²) in [6, 6.07) is 11.8. The van der Waals surface area contributed by atoms with Gasteiger partial charge in [0.05, 0.1) is 21.7 Å². The molecule has 0 bridgehead atoms. The number of hydrogen-bond donors (Lipinski definition) is 0. The Hall–Kier alpha value is -2.25. The molecule has 0 spiro atoms. The number of aromatic nitrogens is 1. The lowest BCUT2D eigenvalue weighted by Crippen LogP contribution is -2.37. The quantitative estimate of drug-likeness (QED) is 0.357. The molecule has 180 valence electrons. The number of nitrogens with zero attached hydrogens (tertiary/aromatic N) is 3. The molecule has 0 fully saturated rings. The van der Waals surface area contributed by atoms with Crippen molar-refractivity contribution in [2.75, 3.05) is 13.1 Å². The Morgan fingerprint density at radius 1 is 1.12 bits per heavy atom. The van der Waals surface area contributed by atoms with E-state index in [0.29, 0.717) is 23.5 Å². The number of halogens is 1. The summed E-state index contributed by atoms with van der Waals surface area (Å²) in [7, 11) is -3.67. The Kier molecular flexibility index (Phi) is 8.52. The standard InChI is InChI=1S/C25H28BrN3O3S2/c1-6-13-29-22-12-9-20(26)14-23(22)33-25(29)27-24(30)19-7-10-21(11-8-19)34(31,32)28(15-17(2)3)16-18(4)5/h1,7-12,14,17-18H,13,15-16H2,2-5H3. The highest BCUT2D eigenvalue weighted by Crippen LogP contribution is 2.23. The van der Waals surface area contributed by atoms with Crippen molar-refractivity contribution in [3.63, 3.8) is 0 Å². The predicted octanol–water partition coefficient (Wildman–Crippen LogP) is 5.14. The number of hydrogen-bond acceptors (Lipinski definition) is 4. The Bertz CT molecular complexity index is 1390. The second-order valence-corrected chi connectivity index (χ2v) is 12.7. The van der Waals surface area contributed by atoms with Crippen molar-refractivity contribution in [2.45, 2.75) is 39.1 Å². The Morgan fingerprint density at radius 2 is 1.74 bits per heavy atom. The fraction of sp³-hybridized carbons (Fsp3) is 0.360. The van der Waals surface area contributed by atoms with Gasteiger partial charge < -0.3 is 4.57 Å². The lowest BCUT2D eigenvalue weighted by molar-refractivity contribution is 0.0998. The van der Waals surface area contributed by atoms with Gasteiger partial charge in [0.2, 0.25) is 10.0 Å². The molecule has 1 amide bonds. The lowest BCUT2D eigenvalue weighted by atomic mass is 10.2. The smallest absolute Gasteiger partial charge is 0.279 e. The minimum absolute atomic E-state index is 0.166. The average Bonchev–Trinajstić information content (AvgIpc) is 3.09. The first-order chi connectivity index (χ1) is 16.0. The summed E-state index contributed by atoms with van der Waals surface area (Å²) in [4.78, 5) is 17.9. The van der Waals surface area contributed by atoms with Crippen LogP contribution in [0.2, 0.25) is 0 Å². The Balaban J connectivity index is 1.95. The van der Waals surface area contributed by atoms with E-state index in [1.54, 1.807) is 0 Å². The number of amides is 1. The Labute approximate surface area is 213 Å². The van der Waals surface area contributed by atoms with Gasteiger partial charge >= 0.3 is 0 Å². The van der Waals surface area contributed by atoms with Gasteiger partial charge in [0.15, 0.2) is 4.80 Å². The first kappa shape index (κ1) is 26.4. The van der Waals surface area contributed by atoms with Gasteiger partial charge in [-0.2, -0.15) is 9.30 Å². The molecule has 2 aromatic carbocycles. The molecule has 0 atom stereocenters. The number of terminal acetylenes is 1. The third kappa shape index (κ3) is 6.05. The third-order valence-electron chi connectivity index (χ3n) is 4.97. The van der Waals surface area contributed by atoms with Crippen molar-refractivity contribution >= 4 is 53.4 Å². The molecule has 0 aliphatic heterocycles. The fourth-order valence-electron chi connectivity index (χ4n) is 3.53. The van der Waals surface area contributed by atoms with Crippen LogP contribution in [0.5, 0.6) is 0 Å². The Morgan fingerprint density at radius 3 is 2.29 bits per heavy atom. The van der Waals surface area contributed by atoms with Crippen molar-refractivity contribution in [3.05, 3.63) is 57.3 Å². The summed E-state index contributed by atoms with van der Waals surface area (Å²) in [5.41, 5.74) is 1.21. The van der Waals surface area contributed by atoms with Crippen LogP contribution in [-0.2, 0) is 16.6 Å². The van der Waals surface area contributed by atoms with Crippen LogP contribution in [0.4, 0.5) is 0 Å². The van der Waals surface area contributed by atoms with Crippen molar-refractivity contribution in [1.29, 1.82) is 0 Å². The molecule has 1 heterocycles. The first-order valence-electron chi connectivity index (χ1n) is 10.9. The van der Waals surface area contributed by atoms with Crippen molar-refractivity contribution in [2.24, 2.45) is 16.8 Å². The summed E-state index contributed by atoms with van der Waals surface area (Å²) in [6.45, 7) is 9.13. The molecule has 9 heteroatoms. The molecular formula is C25H28BrN3O3S2. The van der Waals surface area contributed by atoms with Gasteiger partial charge in [0.25, 0.3) is 5.91 Å². The molecule has 0 N–H and O–H groups in total. The molecule has 0 aliphatic carbocycles. The molecule has 6 nitrogen and oxygen atoms in total. The van der Waals surface area contributed by atoms with Crippen LogP contribution in [0.25, 0.3) is 10.2 Å². The summed E-state index contributed by atoms with van der Waals surface area (Å²) >= 11 is 4.83. The molecule has 3 rings (SSSR count). The maximum atomic E-state index is 13.2. The zero-order valence-electron chi connectivity index (χ0n) is 19.7. The minimum atomic E-state index is -3.67.